The van der Waals surface area contributed by atoms with Crippen molar-refractivity contribution in [1.82, 2.24) is 0 Å². The van der Waals surface area contributed by atoms with Crippen LogP contribution in [0.15, 0.2) is 0 Å². The van der Waals surface area contributed by atoms with E-state index in [2.05, 4.69) is 0 Å². The van der Waals surface area contributed by atoms with Gasteiger partial charge in [-0.15, -0.1) is 0 Å². The van der Waals surface area contributed by atoms with Crippen LogP contribution in [0.5, 0.6) is 0 Å². The zero-order valence-corrected chi connectivity index (χ0v) is 11.9. The van der Waals surface area contributed by atoms with E-state index in [4.69, 9.17) is 22.6 Å². The quantitative estimate of drug-likeness (QED) is 0.561. The van der Waals surface area contributed by atoms with Crippen molar-refractivity contribution in [3.05, 3.63) is 0 Å². The van der Waals surface area contributed by atoms with Crippen molar-refractivity contribution in [2.45, 2.75) is 34.6 Å². The molecule has 0 aliphatic heterocycles. The molecule has 0 radical (unpaired) electrons. The van der Waals surface area contributed by atoms with E-state index in [9.17, 15) is 0 Å². The maximum absolute atomic E-state index is 5.62. The van der Waals surface area contributed by atoms with Gasteiger partial charge in [-0.2, -0.15) is 0 Å². The summed E-state index contributed by atoms with van der Waals surface area (Å²) in [5, 5.41) is 0. The van der Waals surface area contributed by atoms with Crippen molar-refractivity contribution in [2.75, 3.05) is 33.0 Å². The fraction of sp³-hybridized carbons (Fsp3) is 1.00. The van der Waals surface area contributed by atoms with Gasteiger partial charge in [0.1, 0.15) is 0 Å². The molecule has 0 aromatic heterocycles. The van der Waals surface area contributed by atoms with E-state index < -0.39 is 7.74 Å². The molecule has 0 bridgehead atoms. The third kappa shape index (κ3) is 3.91. The average Bonchev–Trinajstić information content (AvgIpc) is 2.19. The van der Waals surface area contributed by atoms with E-state index in [1.165, 1.54) is 0 Å². The fourth-order valence-electron chi connectivity index (χ4n) is 1.43. The maximum atomic E-state index is 5.62. The van der Waals surface area contributed by atoms with Crippen LogP contribution in [0.2, 0.25) is 0 Å². The Morgan fingerprint density at radius 2 is 0.688 bits per heavy atom. The molecule has 0 saturated carbocycles. The van der Waals surface area contributed by atoms with Crippen molar-refractivity contribution < 1.29 is 22.6 Å². The molecule has 5 nitrogen and oxygen atoms in total. The zero-order chi connectivity index (χ0) is 12.5. The second kappa shape index (κ2) is 7.54. The van der Waals surface area contributed by atoms with Crippen molar-refractivity contribution in [1.29, 1.82) is 0 Å². The molecule has 6 heteroatoms. The van der Waals surface area contributed by atoms with Crippen LogP contribution in [0.3, 0.4) is 0 Å². The molecule has 100 valence electrons. The third-order valence-corrected chi connectivity index (χ3v) is 5.10. The van der Waals surface area contributed by atoms with Gasteiger partial charge in [0, 0.05) is 0 Å². The molecule has 0 spiro atoms. The number of hydrogen-bond donors (Lipinski definition) is 0. The van der Waals surface area contributed by atoms with Crippen molar-refractivity contribution >= 4 is 7.74 Å². The second-order valence-corrected chi connectivity index (χ2v) is 5.62. The Morgan fingerprint density at radius 3 is 0.812 bits per heavy atom. The Labute approximate surface area is 98.7 Å². The van der Waals surface area contributed by atoms with Crippen LogP contribution >= 0.6 is 7.74 Å². The van der Waals surface area contributed by atoms with Crippen LogP contribution in [0.4, 0.5) is 0 Å². The molecule has 0 fully saturated rings. The average molecular weight is 256 g/mol. The minimum atomic E-state index is -3.82. The van der Waals surface area contributed by atoms with Crippen LogP contribution < -0.4 is 0 Å². The van der Waals surface area contributed by atoms with Crippen molar-refractivity contribution in [3.63, 3.8) is 0 Å². The van der Waals surface area contributed by atoms with Gasteiger partial charge >= 0.3 is 98.0 Å². The Hall–Kier alpha value is 0.230. The van der Waals surface area contributed by atoms with E-state index >= 15 is 0 Å². The van der Waals surface area contributed by atoms with Gasteiger partial charge in [0.2, 0.25) is 0 Å². The molecule has 0 saturated heterocycles. The molecule has 0 aliphatic carbocycles. The molecule has 0 amide bonds. The summed E-state index contributed by atoms with van der Waals surface area (Å²) in [6.45, 7) is 11.4. The predicted molar refractivity (Wildman–Crippen MR) is 65.1 cm³/mol. The van der Waals surface area contributed by atoms with Gasteiger partial charge in [-0.1, -0.05) is 0 Å². The first kappa shape index (κ1) is 16.2. The fourth-order valence-corrected chi connectivity index (χ4v) is 4.28. The summed E-state index contributed by atoms with van der Waals surface area (Å²) < 4.78 is 28.1. The molecule has 0 unspecified atom stereocenters. The first-order valence-corrected chi connectivity index (χ1v) is 7.72. The Kier molecular flexibility index (Phi) is 7.64. The molecule has 16 heavy (non-hydrogen) atoms. The van der Waals surface area contributed by atoms with Crippen LogP contribution in [0.25, 0.3) is 0 Å². The van der Waals surface area contributed by atoms with Gasteiger partial charge in [-0.05, 0) is 0 Å². The van der Waals surface area contributed by atoms with Crippen LogP contribution in [0, 0.1) is 0 Å². The summed E-state index contributed by atoms with van der Waals surface area (Å²) in [5.74, 6) is 0. The van der Waals surface area contributed by atoms with Gasteiger partial charge < -0.3 is 0 Å². The van der Waals surface area contributed by atoms with E-state index in [1.54, 1.807) is 0 Å². The van der Waals surface area contributed by atoms with Gasteiger partial charge in [0.05, 0.1) is 0 Å². The van der Waals surface area contributed by atoms with Gasteiger partial charge in [-0.3, -0.25) is 0 Å². The summed E-state index contributed by atoms with van der Waals surface area (Å²) in [4.78, 5) is 0. The molecule has 0 N–H and O–H groups in total. The van der Waals surface area contributed by atoms with Gasteiger partial charge in [0.25, 0.3) is 0 Å². The Balaban J connectivity index is 5.09. The van der Waals surface area contributed by atoms with E-state index in [-0.39, 0.29) is 0 Å². The molecule has 0 aromatic carbocycles. The van der Waals surface area contributed by atoms with Gasteiger partial charge in [0.15, 0.2) is 0 Å². The Bertz CT molecular complexity index is 136. The van der Waals surface area contributed by atoms with Crippen LogP contribution in [-0.2, 0) is 22.6 Å². The molecule has 0 aromatic rings. The van der Waals surface area contributed by atoms with E-state index in [1.807, 2.05) is 34.6 Å². The van der Waals surface area contributed by atoms with Crippen molar-refractivity contribution in [3.8, 4) is 0 Å². The molecule has 0 rings (SSSR count). The molecule has 0 atom stereocenters. The van der Waals surface area contributed by atoms with Crippen LogP contribution in [0.1, 0.15) is 34.6 Å². The molecular formula is C10H25O5P. The van der Waals surface area contributed by atoms with Gasteiger partial charge in [-0.25, -0.2) is 0 Å². The Morgan fingerprint density at radius 1 is 0.500 bits per heavy atom. The molecular weight excluding hydrogens is 231 g/mol. The third-order valence-electron chi connectivity index (χ3n) is 1.70. The zero-order valence-electron chi connectivity index (χ0n) is 11.0. The SMILES string of the molecule is CCOP(OCC)(OCC)(OCC)OCC. The standard InChI is InChI=1S/C10H25O5P/c1-6-11-16(12-7-2,13-8-3,14-9-4)15-10-5/h6-10H2,1-5H3. The number of hydrogen-bond acceptors (Lipinski definition) is 5. The summed E-state index contributed by atoms with van der Waals surface area (Å²) in [6, 6.07) is 0. The summed E-state index contributed by atoms with van der Waals surface area (Å²) in [5.41, 5.74) is 0. The first-order valence-electron chi connectivity index (χ1n) is 5.89. The number of rotatable bonds is 10. The van der Waals surface area contributed by atoms with E-state index in [0.29, 0.717) is 33.0 Å². The molecule has 0 heterocycles. The van der Waals surface area contributed by atoms with Crippen molar-refractivity contribution in [2.24, 2.45) is 0 Å². The van der Waals surface area contributed by atoms with E-state index in [0.717, 1.165) is 0 Å². The molecule has 0 aliphatic rings. The minimum absolute atomic E-state index is 0.415. The normalized spacial score (nSPS) is 14.7. The monoisotopic (exact) mass is 256 g/mol. The first-order chi connectivity index (χ1) is 7.62. The summed E-state index contributed by atoms with van der Waals surface area (Å²) in [7, 11) is -3.82. The predicted octanol–water partition coefficient (Wildman–Crippen LogP) is 3.30. The summed E-state index contributed by atoms with van der Waals surface area (Å²) in [6.07, 6.45) is 0. The second-order valence-electron chi connectivity index (χ2n) is 2.83. The summed E-state index contributed by atoms with van der Waals surface area (Å²) >= 11 is 0. The topological polar surface area (TPSA) is 46.2 Å². The van der Waals surface area contributed by atoms with Crippen LogP contribution in [-0.4, -0.2) is 33.0 Å².